The van der Waals surface area contributed by atoms with Gasteiger partial charge in [-0.25, -0.2) is 0 Å². The van der Waals surface area contributed by atoms with Crippen LogP contribution in [0, 0.1) is 5.92 Å². The van der Waals surface area contributed by atoms with Crippen molar-refractivity contribution in [3.8, 4) is 0 Å². The van der Waals surface area contributed by atoms with Crippen molar-refractivity contribution in [1.29, 1.82) is 0 Å². The van der Waals surface area contributed by atoms with Gasteiger partial charge in [-0.3, -0.25) is 0 Å². The molecule has 2 rings (SSSR count). The molecular weight excluding hydrogens is 300 g/mol. The van der Waals surface area contributed by atoms with Crippen LogP contribution in [0.3, 0.4) is 0 Å². The summed E-state index contributed by atoms with van der Waals surface area (Å²) in [4.78, 5) is 0. The average Bonchev–Trinajstić information content (AvgIpc) is 2.45. The topological polar surface area (TPSA) is 69.6 Å². The van der Waals surface area contributed by atoms with Crippen LogP contribution >= 0.6 is 11.6 Å². The van der Waals surface area contributed by atoms with Gasteiger partial charge >= 0.3 is 0 Å². The Morgan fingerprint density at radius 3 is 2.65 bits per heavy atom. The summed E-state index contributed by atoms with van der Waals surface area (Å²) in [6.07, 6.45) is 1.41. The van der Waals surface area contributed by atoms with Crippen molar-refractivity contribution >= 4 is 21.8 Å². The van der Waals surface area contributed by atoms with Gasteiger partial charge in [0.1, 0.15) is 0 Å². The molecule has 0 radical (unpaired) electrons. The number of rotatable bonds is 5. The van der Waals surface area contributed by atoms with E-state index in [1.54, 1.807) is 18.2 Å². The van der Waals surface area contributed by atoms with E-state index in [4.69, 9.17) is 16.7 Å². The first kappa shape index (κ1) is 15.7. The maximum atomic E-state index is 12.2. The molecule has 1 saturated heterocycles. The van der Waals surface area contributed by atoms with E-state index in [1.165, 1.54) is 4.31 Å². The van der Waals surface area contributed by atoms with Gasteiger partial charge < -0.3 is 5.11 Å². The third-order valence-electron chi connectivity index (χ3n) is 3.52. The molecule has 1 aromatic rings. The number of hydrogen-bond donors (Lipinski definition) is 2. The van der Waals surface area contributed by atoms with Gasteiger partial charge in [0.15, 0.2) is 0 Å². The monoisotopic (exact) mass is 318 g/mol. The summed E-state index contributed by atoms with van der Waals surface area (Å²) in [7, 11) is -3.47. The van der Waals surface area contributed by atoms with E-state index in [1.807, 2.05) is 6.07 Å². The molecule has 1 heterocycles. The van der Waals surface area contributed by atoms with Crippen LogP contribution in [0.2, 0.25) is 5.02 Å². The Morgan fingerprint density at radius 2 is 2.05 bits per heavy atom. The van der Waals surface area contributed by atoms with Gasteiger partial charge in [0.05, 0.1) is 0 Å². The fraction of sp³-hybridized carbons (Fsp3) is 0.538. The van der Waals surface area contributed by atoms with Crippen LogP contribution in [-0.2, 0) is 16.8 Å². The molecule has 5 nitrogen and oxygen atoms in total. The number of aliphatic hydroxyl groups excluding tert-OH is 1. The van der Waals surface area contributed by atoms with Crippen LogP contribution in [0.4, 0.5) is 0 Å². The zero-order valence-corrected chi connectivity index (χ0v) is 12.7. The highest BCUT2D eigenvalue weighted by molar-refractivity contribution is 7.87. The van der Waals surface area contributed by atoms with Gasteiger partial charge in [-0.05, 0) is 36.5 Å². The largest absolute Gasteiger partial charge is 0.396 e. The zero-order chi connectivity index (χ0) is 14.6. The first-order chi connectivity index (χ1) is 9.51. The molecule has 0 aliphatic carbocycles. The Bertz CT molecular complexity index is 542. The lowest BCUT2D eigenvalue weighted by atomic mass is 10.00. The molecule has 1 aliphatic heterocycles. The van der Waals surface area contributed by atoms with Gasteiger partial charge in [-0.15, -0.1) is 0 Å². The number of piperidine rings is 1. The lowest BCUT2D eigenvalue weighted by molar-refractivity contribution is 0.169. The van der Waals surface area contributed by atoms with Gasteiger partial charge in [-0.2, -0.15) is 17.4 Å². The van der Waals surface area contributed by atoms with Gasteiger partial charge in [-0.1, -0.05) is 23.7 Å². The normalized spacial score (nSPS) is 18.3. The van der Waals surface area contributed by atoms with Crippen LogP contribution in [0.5, 0.6) is 0 Å². The second kappa shape index (κ2) is 6.87. The SMILES string of the molecule is O=S(=O)(NCc1cccc(Cl)c1)N1CCC(CO)CC1. The Labute approximate surface area is 124 Å². The first-order valence-corrected chi connectivity index (χ1v) is 8.43. The van der Waals surface area contributed by atoms with E-state index in [0.29, 0.717) is 31.0 Å². The standard InChI is InChI=1S/C13H19ClN2O3S/c14-13-3-1-2-12(8-13)9-15-20(18,19)16-6-4-11(10-17)5-7-16/h1-3,8,11,15,17H,4-7,9-10H2. The van der Waals surface area contributed by atoms with Crippen LogP contribution in [0.1, 0.15) is 18.4 Å². The number of halogens is 1. The Kier molecular flexibility index (Phi) is 5.40. The maximum Gasteiger partial charge on any atom is 0.279 e. The fourth-order valence-electron chi connectivity index (χ4n) is 2.24. The predicted octanol–water partition coefficient (Wildman–Crippen LogP) is 1.38. The minimum Gasteiger partial charge on any atom is -0.396 e. The first-order valence-electron chi connectivity index (χ1n) is 6.61. The van der Waals surface area contributed by atoms with Gasteiger partial charge in [0.25, 0.3) is 10.2 Å². The molecule has 0 aromatic heterocycles. The molecule has 1 aromatic carbocycles. The number of hydrogen-bond acceptors (Lipinski definition) is 3. The Morgan fingerprint density at radius 1 is 1.35 bits per heavy atom. The van der Waals surface area contributed by atoms with Crippen LogP contribution < -0.4 is 4.72 Å². The summed E-state index contributed by atoms with van der Waals surface area (Å²) in [6, 6.07) is 7.10. The van der Waals surface area contributed by atoms with E-state index in [0.717, 1.165) is 5.56 Å². The molecule has 1 aliphatic rings. The summed E-state index contributed by atoms with van der Waals surface area (Å²) < 4.78 is 28.3. The van der Waals surface area contributed by atoms with E-state index < -0.39 is 10.2 Å². The summed E-state index contributed by atoms with van der Waals surface area (Å²) in [5.41, 5.74) is 0.825. The molecule has 2 N–H and O–H groups in total. The van der Waals surface area contributed by atoms with Crippen molar-refractivity contribution in [3.63, 3.8) is 0 Å². The molecule has 7 heteroatoms. The van der Waals surface area contributed by atoms with E-state index >= 15 is 0 Å². The second-order valence-electron chi connectivity index (χ2n) is 4.98. The van der Waals surface area contributed by atoms with Crippen LogP contribution in [0.15, 0.2) is 24.3 Å². The molecule has 112 valence electrons. The van der Waals surface area contributed by atoms with Crippen molar-refractivity contribution in [2.24, 2.45) is 5.92 Å². The molecule has 0 spiro atoms. The van der Waals surface area contributed by atoms with E-state index in [-0.39, 0.29) is 19.1 Å². The number of nitrogens with one attached hydrogen (secondary N) is 1. The zero-order valence-electron chi connectivity index (χ0n) is 11.1. The van der Waals surface area contributed by atoms with Gasteiger partial charge in [0, 0.05) is 31.3 Å². The van der Waals surface area contributed by atoms with Crippen molar-refractivity contribution in [1.82, 2.24) is 9.03 Å². The van der Waals surface area contributed by atoms with Crippen LogP contribution in [0.25, 0.3) is 0 Å². The molecule has 0 unspecified atom stereocenters. The summed E-state index contributed by atoms with van der Waals surface area (Å²) in [5, 5.41) is 9.65. The minimum absolute atomic E-state index is 0.129. The van der Waals surface area contributed by atoms with E-state index in [2.05, 4.69) is 4.72 Å². The third-order valence-corrected chi connectivity index (χ3v) is 5.31. The van der Waals surface area contributed by atoms with Crippen molar-refractivity contribution in [2.75, 3.05) is 19.7 Å². The highest BCUT2D eigenvalue weighted by Gasteiger charge is 2.27. The Hall–Kier alpha value is -0.660. The molecule has 0 bridgehead atoms. The summed E-state index contributed by atoms with van der Waals surface area (Å²) >= 11 is 5.86. The molecule has 1 fully saturated rings. The number of benzene rings is 1. The van der Waals surface area contributed by atoms with Crippen molar-refractivity contribution < 1.29 is 13.5 Å². The molecule has 0 amide bonds. The average molecular weight is 319 g/mol. The molecular formula is C13H19ClN2O3S. The molecule has 0 atom stereocenters. The highest BCUT2D eigenvalue weighted by atomic mass is 35.5. The quantitative estimate of drug-likeness (QED) is 0.861. The van der Waals surface area contributed by atoms with Crippen molar-refractivity contribution in [2.45, 2.75) is 19.4 Å². The lowest BCUT2D eigenvalue weighted by Crippen LogP contribution is -2.45. The number of nitrogens with zero attached hydrogens (tertiary/aromatic N) is 1. The second-order valence-corrected chi connectivity index (χ2v) is 7.17. The van der Waals surface area contributed by atoms with Crippen LogP contribution in [-0.4, -0.2) is 37.5 Å². The molecule has 0 saturated carbocycles. The van der Waals surface area contributed by atoms with E-state index in [9.17, 15) is 8.42 Å². The Balaban J connectivity index is 1.91. The summed E-state index contributed by atoms with van der Waals surface area (Å²) in [5.74, 6) is 0.217. The predicted molar refractivity (Wildman–Crippen MR) is 78.6 cm³/mol. The lowest BCUT2D eigenvalue weighted by Gasteiger charge is -2.30. The highest BCUT2D eigenvalue weighted by Crippen LogP contribution is 2.18. The molecule has 20 heavy (non-hydrogen) atoms. The fourth-order valence-corrected chi connectivity index (χ4v) is 3.68. The minimum atomic E-state index is -3.47. The third kappa shape index (κ3) is 4.17. The van der Waals surface area contributed by atoms with Crippen molar-refractivity contribution in [3.05, 3.63) is 34.9 Å². The number of aliphatic hydroxyl groups is 1. The summed E-state index contributed by atoms with van der Waals surface area (Å²) in [6.45, 7) is 1.26. The maximum absolute atomic E-state index is 12.2. The smallest absolute Gasteiger partial charge is 0.279 e. The van der Waals surface area contributed by atoms with Gasteiger partial charge in [0.2, 0.25) is 0 Å².